The molecule has 0 rings (SSSR count). The lowest BCUT2D eigenvalue weighted by Gasteiger charge is -2.03. The largest absolute Gasteiger partial charge is 0.138 e. The third-order valence-corrected chi connectivity index (χ3v) is 4.55. The van der Waals surface area contributed by atoms with Gasteiger partial charge < -0.3 is 0 Å². The Bertz CT molecular complexity index is 208. The Morgan fingerprint density at radius 3 is 1.52 bits per heavy atom. The summed E-state index contributed by atoms with van der Waals surface area (Å²) in [6.07, 6.45) is 25.8. The summed E-state index contributed by atoms with van der Waals surface area (Å²) in [5.41, 5.74) is 0. The molecule has 0 amide bonds. The topological polar surface area (TPSA) is 0 Å². The van der Waals surface area contributed by atoms with Crippen molar-refractivity contribution in [1.29, 1.82) is 0 Å². The first-order valence-corrected chi connectivity index (χ1v) is 10.4. The van der Waals surface area contributed by atoms with Gasteiger partial charge in [-0.1, -0.05) is 83.8 Å². The molecular formula is C20H41P. The van der Waals surface area contributed by atoms with Crippen LogP contribution in [0.25, 0.3) is 0 Å². The molecule has 21 heavy (non-hydrogen) atoms. The molecule has 0 bridgehead atoms. The zero-order valence-electron chi connectivity index (χ0n) is 14.9. The van der Waals surface area contributed by atoms with Crippen LogP contribution in [0.5, 0.6) is 0 Å². The number of unbranched alkanes of at least 4 members (excludes halogenated alkanes) is 11. The van der Waals surface area contributed by atoms with Crippen LogP contribution in [0, 0.1) is 5.92 Å². The lowest BCUT2D eigenvalue weighted by molar-refractivity contribution is 0.516. The van der Waals surface area contributed by atoms with Crippen LogP contribution in [0.1, 0.15) is 104 Å². The van der Waals surface area contributed by atoms with E-state index >= 15 is 0 Å². The molecule has 0 aromatic carbocycles. The fourth-order valence-electron chi connectivity index (χ4n) is 2.69. The van der Waals surface area contributed by atoms with Gasteiger partial charge in [0.15, 0.2) is 0 Å². The van der Waals surface area contributed by atoms with E-state index in [-0.39, 0.29) is 0 Å². The second kappa shape index (κ2) is 18.2. The second-order valence-corrected chi connectivity index (χ2v) is 7.49. The number of allylic oxidation sites excluding steroid dienone is 2. The van der Waals surface area contributed by atoms with E-state index in [0.717, 1.165) is 5.92 Å². The monoisotopic (exact) mass is 312 g/mol. The average molecular weight is 313 g/mol. The molecule has 0 saturated heterocycles. The van der Waals surface area contributed by atoms with Crippen molar-refractivity contribution in [3.63, 3.8) is 0 Å². The van der Waals surface area contributed by atoms with Gasteiger partial charge in [-0.25, -0.2) is 0 Å². The number of hydrogen-bond donors (Lipinski definition) is 0. The molecule has 0 aliphatic carbocycles. The summed E-state index contributed by atoms with van der Waals surface area (Å²) in [6.45, 7) is 4.66. The van der Waals surface area contributed by atoms with Crippen LogP contribution in [0.15, 0.2) is 12.2 Å². The summed E-state index contributed by atoms with van der Waals surface area (Å²) in [6, 6.07) is 0. The van der Waals surface area contributed by atoms with Gasteiger partial charge in [0.25, 0.3) is 0 Å². The highest BCUT2D eigenvalue weighted by atomic mass is 31.0. The first-order valence-electron chi connectivity index (χ1n) is 9.62. The van der Waals surface area contributed by atoms with Gasteiger partial charge in [0.2, 0.25) is 0 Å². The molecule has 126 valence electrons. The van der Waals surface area contributed by atoms with E-state index < -0.39 is 0 Å². The lowest BCUT2D eigenvalue weighted by Crippen LogP contribution is -1.87. The third-order valence-electron chi connectivity index (χ3n) is 4.14. The van der Waals surface area contributed by atoms with Crippen LogP contribution < -0.4 is 0 Å². The first kappa shape index (κ1) is 21.2. The Morgan fingerprint density at radius 2 is 1.05 bits per heavy atom. The van der Waals surface area contributed by atoms with Gasteiger partial charge in [-0.15, -0.1) is 9.24 Å². The van der Waals surface area contributed by atoms with Crippen molar-refractivity contribution in [1.82, 2.24) is 0 Å². The van der Waals surface area contributed by atoms with Crippen LogP contribution >= 0.6 is 9.24 Å². The summed E-state index contributed by atoms with van der Waals surface area (Å²) in [7, 11) is 2.82. The maximum atomic E-state index is 2.82. The van der Waals surface area contributed by atoms with Crippen molar-refractivity contribution in [2.24, 2.45) is 5.92 Å². The van der Waals surface area contributed by atoms with Crippen molar-refractivity contribution >= 4 is 9.24 Å². The fraction of sp³-hybridized carbons (Fsp3) is 0.900. The van der Waals surface area contributed by atoms with E-state index in [0.29, 0.717) is 0 Å². The Hall–Kier alpha value is 0.170. The maximum Gasteiger partial charge on any atom is -0.0351 e. The summed E-state index contributed by atoms with van der Waals surface area (Å²) in [5, 5.41) is 0. The molecule has 0 aromatic heterocycles. The molecule has 0 saturated carbocycles. The second-order valence-electron chi connectivity index (χ2n) is 6.91. The van der Waals surface area contributed by atoms with Crippen molar-refractivity contribution in [2.75, 3.05) is 6.16 Å². The highest BCUT2D eigenvalue weighted by Gasteiger charge is 1.94. The zero-order chi connectivity index (χ0) is 15.6. The van der Waals surface area contributed by atoms with E-state index in [4.69, 9.17) is 0 Å². The van der Waals surface area contributed by atoms with E-state index in [9.17, 15) is 0 Å². The maximum absolute atomic E-state index is 2.82. The minimum atomic E-state index is 0.888. The minimum Gasteiger partial charge on any atom is -0.138 e. The Labute approximate surface area is 137 Å². The SMILES string of the molecule is CC(C)CCCCCCC/C=C\CCCCCCCCP. The van der Waals surface area contributed by atoms with Gasteiger partial charge in [0.05, 0.1) is 0 Å². The molecular weight excluding hydrogens is 271 g/mol. The van der Waals surface area contributed by atoms with Gasteiger partial charge >= 0.3 is 0 Å². The summed E-state index contributed by atoms with van der Waals surface area (Å²) < 4.78 is 0. The van der Waals surface area contributed by atoms with Crippen LogP contribution in [0.2, 0.25) is 0 Å². The average Bonchev–Trinajstić information content (AvgIpc) is 2.46. The number of rotatable bonds is 16. The Balaban J connectivity index is 3.05. The molecule has 1 atom stereocenters. The molecule has 1 unspecified atom stereocenters. The molecule has 0 N–H and O–H groups in total. The quantitative estimate of drug-likeness (QED) is 0.157. The van der Waals surface area contributed by atoms with E-state index in [1.165, 1.54) is 96.1 Å². The lowest BCUT2D eigenvalue weighted by atomic mass is 10.0. The fourth-order valence-corrected chi connectivity index (χ4v) is 2.98. The molecule has 0 heterocycles. The van der Waals surface area contributed by atoms with Crippen molar-refractivity contribution in [2.45, 2.75) is 104 Å². The summed E-state index contributed by atoms with van der Waals surface area (Å²) in [4.78, 5) is 0. The molecule has 0 aliphatic rings. The highest BCUT2D eigenvalue weighted by Crippen LogP contribution is 2.12. The van der Waals surface area contributed by atoms with Crippen LogP contribution in [0.3, 0.4) is 0 Å². The molecule has 0 spiro atoms. The van der Waals surface area contributed by atoms with E-state index in [2.05, 4.69) is 35.2 Å². The molecule has 0 aromatic rings. The highest BCUT2D eigenvalue weighted by molar-refractivity contribution is 7.16. The van der Waals surface area contributed by atoms with Crippen molar-refractivity contribution < 1.29 is 0 Å². The van der Waals surface area contributed by atoms with Gasteiger partial charge in [-0.2, -0.15) is 0 Å². The summed E-state index contributed by atoms with van der Waals surface area (Å²) in [5.74, 6) is 0.888. The Morgan fingerprint density at radius 1 is 0.619 bits per heavy atom. The Kier molecular flexibility index (Phi) is 18.4. The predicted molar refractivity (Wildman–Crippen MR) is 103 cm³/mol. The van der Waals surface area contributed by atoms with Gasteiger partial charge in [0.1, 0.15) is 0 Å². The van der Waals surface area contributed by atoms with Gasteiger partial charge in [-0.05, 0) is 44.2 Å². The minimum absolute atomic E-state index is 0.888. The molecule has 1 heteroatoms. The van der Waals surface area contributed by atoms with Crippen LogP contribution in [-0.4, -0.2) is 6.16 Å². The van der Waals surface area contributed by atoms with Crippen molar-refractivity contribution in [3.8, 4) is 0 Å². The van der Waals surface area contributed by atoms with E-state index in [1.54, 1.807) is 0 Å². The smallest absolute Gasteiger partial charge is 0.0351 e. The third kappa shape index (κ3) is 20.2. The number of hydrogen-bond acceptors (Lipinski definition) is 0. The molecule has 0 radical (unpaired) electrons. The van der Waals surface area contributed by atoms with Crippen LogP contribution in [-0.2, 0) is 0 Å². The predicted octanol–water partition coefficient (Wildman–Crippen LogP) is 7.54. The van der Waals surface area contributed by atoms with Crippen molar-refractivity contribution in [3.05, 3.63) is 12.2 Å². The molecule has 0 aliphatic heterocycles. The summed E-state index contributed by atoms with van der Waals surface area (Å²) >= 11 is 0. The molecule has 0 fully saturated rings. The van der Waals surface area contributed by atoms with E-state index in [1.807, 2.05) is 0 Å². The zero-order valence-corrected chi connectivity index (χ0v) is 16.1. The van der Waals surface area contributed by atoms with Crippen LogP contribution in [0.4, 0.5) is 0 Å². The normalized spacial score (nSPS) is 11.8. The standard InChI is InChI=1S/C20H41P/c1-20(2)18-16-14-12-10-8-6-4-3-5-7-9-11-13-15-17-19-21/h3-4,20H,5-19,21H2,1-2H3/b4-3-. The molecule has 0 nitrogen and oxygen atoms in total. The first-order chi connectivity index (χ1) is 10.3. The van der Waals surface area contributed by atoms with Gasteiger partial charge in [-0.3, -0.25) is 0 Å². The van der Waals surface area contributed by atoms with Gasteiger partial charge in [0, 0.05) is 0 Å².